The molecular formula is C10H18O2. The Hall–Kier alpha value is -0.0800. The van der Waals surface area contributed by atoms with E-state index in [1.165, 1.54) is 19.3 Å². The van der Waals surface area contributed by atoms with Crippen molar-refractivity contribution in [3.63, 3.8) is 0 Å². The monoisotopic (exact) mass is 170 g/mol. The SMILES string of the molecule is OC1(CCC2CCOCC2)CC1. The molecule has 0 aromatic rings. The quantitative estimate of drug-likeness (QED) is 0.698. The van der Waals surface area contributed by atoms with Crippen LogP contribution in [0.5, 0.6) is 0 Å². The van der Waals surface area contributed by atoms with Crippen molar-refractivity contribution < 1.29 is 9.84 Å². The molecule has 0 aromatic carbocycles. The van der Waals surface area contributed by atoms with Crippen LogP contribution in [0.25, 0.3) is 0 Å². The molecule has 2 nitrogen and oxygen atoms in total. The van der Waals surface area contributed by atoms with Crippen molar-refractivity contribution in [2.24, 2.45) is 5.92 Å². The molecule has 2 aliphatic rings. The third kappa shape index (κ3) is 2.20. The van der Waals surface area contributed by atoms with E-state index < -0.39 is 0 Å². The van der Waals surface area contributed by atoms with Gasteiger partial charge >= 0.3 is 0 Å². The zero-order chi connectivity index (χ0) is 8.44. The van der Waals surface area contributed by atoms with Crippen molar-refractivity contribution in [3.8, 4) is 0 Å². The molecule has 1 N–H and O–H groups in total. The van der Waals surface area contributed by atoms with Gasteiger partial charge in [-0.3, -0.25) is 0 Å². The molecule has 12 heavy (non-hydrogen) atoms. The van der Waals surface area contributed by atoms with Crippen LogP contribution >= 0.6 is 0 Å². The Bertz CT molecular complexity index is 146. The van der Waals surface area contributed by atoms with Crippen LogP contribution in [0, 0.1) is 5.92 Å². The minimum Gasteiger partial charge on any atom is -0.390 e. The molecule has 1 aliphatic heterocycles. The molecule has 0 spiro atoms. The maximum Gasteiger partial charge on any atom is 0.0650 e. The lowest BCUT2D eigenvalue weighted by atomic mass is 9.93. The van der Waals surface area contributed by atoms with Crippen molar-refractivity contribution in [3.05, 3.63) is 0 Å². The van der Waals surface area contributed by atoms with Crippen LogP contribution in [0.4, 0.5) is 0 Å². The predicted molar refractivity (Wildman–Crippen MR) is 47.0 cm³/mol. The molecule has 1 heterocycles. The first-order chi connectivity index (χ1) is 5.79. The second-order valence-electron chi connectivity index (χ2n) is 4.32. The van der Waals surface area contributed by atoms with E-state index in [0.29, 0.717) is 0 Å². The highest BCUT2D eigenvalue weighted by Crippen LogP contribution is 2.40. The molecule has 2 fully saturated rings. The third-order valence-corrected chi connectivity index (χ3v) is 3.19. The van der Waals surface area contributed by atoms with E-state index in [-0.39, 0.29) is 5.60 Å². The summed E-state index contributed by atoms with van der Waals surface area (Å²) in [4.78, 5) is 0. The maximum atomic E-state index is 9.63. The molecule has 1 saturated carbocycles. The fourth-order valence-corrected chi connectivity index (χ4v) is 1.90. The summed E-state index contributed by atoms with van der Waals surface area (Å²) >= 11 is 0. The van der Waals surface area contributed by atoms with Gasteiger partial charge in [-0.25, -0.2) is 0 Å². The Morgan fingerprint density at radius 3 is 2.50 bits per heavy atom. The average molecular weight is 170 g/mol. The van der Waals surface area contributed by atoms with Gasteiger partial charge < -0.3 is 9.84 Å². The fourth-order valence-electron chi connectivity index (χ4n) is 1.90. The summed E-state index contributed by atoms with van der Waals surface area (Å²) in [5, 5.41) is 9.63. The van der Waals surface area contributed by atoms with Gasteiger partial charge in [0.1, 0.15) is 0 Å². The van der Waals surface area contributed by atoms with Crippen LogP contribution in [0.1, 0.15) is 38.5 Å². The summed E-state index contributed by atoms with van der Waals surface area (Å²) in [5.41, 5.74) is -0.238. The van der Waals surface area contributed by atoms with E-state index in [0.717, 1.165) is 38.4 Å². The Balaban J connectivity index is 1.65. The highest BCUT2D eigenvalue weighted by molar-refractivity contribution is 4.93. The lowest BCUT2D eigenvalue weighted by Gasteiger charge is -2.22. The van der Waals surface area contributed by atoms with Gasteiger partial charge in [0.25, 0.3) is 0 Å². The van der Waals surface area contributed by atoms with Gasteiger partial charge in [0.15, 0.2) is 0 Å². The van der Waals surface area contributed by atoms with Crippen molar-refractivity contribution in [2.75, 3.05) is 13.2 Å². The number of aliphatic hydroxyl groups is 1. The van der Waals surface area contributed by atoms with Crippen LogP contribution in [0.15, 0.2) is 0 Å². The normalized spacial score (nSPS) is 28.8. The molecule has 0 aromatic heterocycles. The number of ether oxygens (including phenoxy) is 1. The summed E-state index contributed by atoms with van der Waals surface area (Å²) in [7, 11) is 0. The summed E-state index contributed by atoms with van der Waals surface area (Å²) in [6.45, 7) is 1.87. The van der Waals surface area contributed by atoms with Gasteiger partial charge in [-0.15, -0.1) is 0 Å². The maximum absolute atomic E-state index is 9.63. The van der Waals surface area contributed by atoms with Gasteiger partial charge in [-0.1, -0.05) is 0 Å². The molecule has 1 saturated heterocycles. The zero-order valence-electron chi connectivity index (χ0n) is 7.59. The van der Waals surface area contributed by atoms with Crippen molar-refractivity contribution in [1.82, 2.24) is 0 Å². The molecule has 0 amide bonds. The summed E-state index contributed by atoms with van der Waals surface area (Å²) < 4.78 is 5.28. The zero-order valence-corrected chi connectivity index (χ0v) is 7.59. The number of hydrogen-bond donors (Lipinski definition) is 1. The number of rotatable bonds is 3. The lowest BCUT2D eigenvalue weighted by Crippen LogP contribution is -2.18. The Morgan fingerprint density at radius 1 is 1.25 bits per heavy atom. The van der Waals surface area contributed by atoms with Crippen molar-refractivity contribution in [1.29, 1.82) is 0 Å². The Labute approximate surface area is 73.9 Å². The van der Waals surface area contributed by atoms with Crippen molar-refractivity contribution in [2.45, 2.75) is 44.1 Å². The highest BCUT2D eigenvalue weighted by atomic mass is 16.5. The molecule has 0 bridgehead atoms. The second-order valence-corrected chi connectivity index (χ2v) is 4.32. The molecule has 2 rings (SSSR count). The third-order valence-electron chi connectivity index (χ3n) is 3.19. The van der Waals surface area contributed by atoms with E-state index in [1.54, 1.807) is 0 Å². The van der Waals surface area contributed by atoms with Crippen LogP contribution < -0.4 is 0 Å². The molecule has 1 aliphatic carbocycles. The van der Waals surface area contributed by atoms with Gasteiger partial charge in [0.05, 0.1) is 5.60 Å². The second kappa shape index (κ2) is 3.35. The lowest BCUT2D eigenvalue weighted by molar-refractivity contribution is 0.0541. The molecule has 0 radical (unpaired) electrons. The first kappa shape index (κ1) is 8.52. The van der Waals surface area contributed by atoms with Gasteiger partial charge in [0, 0.05) is 13.2 Å². The Morgan fingerprint density at radius 2 is 1.92 bits per heavy atom. The Kier molecular flexibility index (Phi) is 2.37. The molecule has 0 unspecified atom stereocenters. The van der Waals surface area contributed by atoms with E-state index in [1.807, 2.05) is 0 Å². The van der Waals surface area contributed by atoms with E-state index in [2.05, 4.69) is 0 Å². The molecule has 2 heteroatoms. The highest BCUT2D eigenvalue weighted by Gasteiger charge is 2.39. The molecule has 70 valence electrons. The molecule has 0 atom stereocenters. The minimum absolute atomic E-state index is 0.238. The van der Waals surface area contributed by atoms with Gasteiger partial charge in [-0.2, -0.15) is 0 Å². The molecular weight excluding hydrogens is 152 g/mol. The van der Waals surface area contributed by atoms with Crippen LogP contribution in [0.2, 0.25) is 0 Å². The van der Waals surface area contributed by atoms with E-state index >= 15 is 0 Å². The summed E-state index contributed by atoms with van der Waals surface area (Å²) in [5.74, 6) is 0.823. The van der Waals surface area contributed by atoms with Crippen molar-refractivity contribution >= 4 is 0 Å². The van der Waals surface area contributed by atoms with Gasteiger partial charge in [-0.05, 0) is 44.4 Å². The standard InChI is InChI=1S/C10H18O2/c11-10(5-6-10)4-1-9-2-7-12-8-3-9/h9,11H,1-8H2. The summed E-state index contributed by atoms with van der Waals surface area (Å²) in [6, 6.07) is 0. The first-order valence-electron chi connectivity index (χ1n) is 5.09. The van der Waals surface area contributed by atoms with E-state index in [4.69, 9.17) is 4.74 Å². The fraction of sp³-hybridized carbons (Fsp3) is 1.00. The van der Waals surface area contributed by atoms with Crippen LogP contribution in [-0.4, -0.2) is 23.9 Å². The van der Waals surface area contributed by atoms with Crippen LogP contribution in [-0.2, 0) is 4.74 Å². The van der Waals surface area contributed by atoms with Gasteiger partial charge in [0.2, 0.25) is 0 Å². The first-order valence-corrected chi connectivity index (χ1v) is 5.09. The minimum atomic E-state index is -0.238. The van der Waals surface area contributed by atoms with E-state index in [9.17, 15) is 5.11 Å². The number of hydrogen-bond acceptors (Lipinski definition) is 2. The smallest absolute Gasteiger partial charge is 0.0650 e. The predicted octanol–water partition coefficient (Wildman–Crippen LogP) is 1.72. The topological polar surface area (TPSA) is 29.5 Å². The van der Waals surface area contributed by atoms with Crippen LogP contribution in [0.3, 0.4) is 0 Å². The summed E-state index contributed by atoms with van der Waals surface area (Å²) in [6.07, 6.45) is 6.72. The largest absolute Gasteiger partial charge is 0.390 e. The average Bonchev–Trinajstić information content (AvgIpc) is 2.84.